The van der Waals surface area contributed by atoms with Gasteiger partial charge in [-0.15, -0.1) is 0 Å². The number of hydrogen-bond acceptors (Lipinski definition) is 3. The molecule has 1 amide bonds. The molecule has 0 aliphatic rings. The second-order valence-electron chi connectivity index (χ2n) is 5.82. The summed E-state index contributed by atoms with van der Waals surface area (Å²) in [6.07, 6.45) is 0. The van der Waals surface area contributed by atoms with E-state index in [-0.39, 0.29) is 24.0 Å². The van der Waals surface area contributed by atoms with Crippen molar-refractivity contribution in [1.29, 1.82) is 0 Å². The van der Waals surface area contributed by atoms with Crippen LogP contribution < -0.4 is 5.32 Å². The quantitative estimate of drug-likeness (QED) is 0.766. The molecule has 0 unspecified atom stereocenters. The topological polar surface area (TPSA) is 67.2 Å². The molecule has 0 fully saturated rings. The van der Waals surface area contributed by atoms with Crippen LogP contribution in [0.1, 0.15) is 27.3 Å². The molecule has 6 heteroatoms. The summed E-state index contributed by atoms with van der Waals surface area (Å²) in [6.45, 7) is 3.57. The van der Waals surface area contributed by atoms with Gasteiger partial charge >= 0.3 is 0 Å². The number of hydrogen-bond donors (Lipinski definition) is 2. The molecule has 128 valence electrons. The van der Waals surface area contributed by atoms with Crippen LogP contribution in [0.25, 0.3) is 5.69 Å². The lowest BCUT2D eigenvalue weighted by Crippen LogP contribution is -2.14. The molecule has 3 rings (SSSR count). The van der Waals surface area contributed by atoms with Gasteiger partial charge in [-0.3, -0.25) is 4.79 Å². The fourth-order valence-electron chi connectivity index (χ4n) is 2.54. The zero-order valence-electron chi connectivity index (χ0n) is 14.0. The van der Waals surface area contributed by atoms with Gasteiger partial charge in [0.25, 0.3) is 5.91 Å². The van der Waals surface area contributed by atoms with Gasteiger partial charge in [0.15, 0.2) is 5.69 Å². The smallest absolute Gasteiger partial charge is 0.276 e. The summed E-state index contributed by atoms with van der Waals surface area (Å²) in [7, 11) is 0. The zero-order valence-corrected chi connectivity index (χ0v) is 14.0. The van der Waals surface area contributed by atoms with Gasteiger partial charge in [-0.05, 0) is 55.3 Å². The summed E-state index contributed by atoms with van der Waals surface area (Å²) in [5, 5.41) is 16.3. The Morgan fingerprint density at radius 2 is 2.00 bits per heavy atom. The summed E-state index contributed by atoms with van der Waals surface area (Å²) in [6, 6.07) is 13.0. The van der Waals surface area contributed by atoms with Gasteiger partial charge in [0.05, 0.1) is 12.3 Å². The first-order valence-electron chi connectivity index (χ1n) is 7.82. The predicted molar refractivity (Wildman–Crippen MR) is 93.3 cm³/mol. The maximum Gasteiger partial charge on any atom is 0.276 e. The van der Waals surface area contributed by atoms with Crippen LogP contribution in [0, 0.1) is 19.7 Å². The van der Waals surface area contributed by atoms with E-state index in [9.17, 15) is 14.3 Å². The predicted octanol–water partition coefficient (Wildman–Crippen LogP) is 3.37. The molecule has 0 aliphatic carbocycles. The van der Waals surface area contributed by atoms with Crippen LogP contribution in [-0.4, -0.2) is 20.8 Å². The molecule has 5 nitrogen and oxygen atoms in total. The van der Waals surface area contributed by atoms with E-state index in [1.807, 2.05) is 13.0 Å². The van der Waals surface area contributed by atoms with Gasteiger partial charge in [-0.2, -0.15) is 5.10 Å². The third-order valence-corrected chi connectivity index (χ3v) is 3.91. The molecule has 2 N–H and O–H groups in total. The SMILES string of the molecule is Cc1ccc(CO)cc1NC(=O)c1cc(C)n(-c2cccc(F)c2)n1. The average Bonchev–Trinajstić information content (AvgIpc) is 2.99. The largest absolute Gasteiger partial charge is 0.392 e. The average molecular weight is 339 g/mol. The van der Waals surface area contributed by atoms with Gasteiger partial charge in [0.2, 0.25) is 0 Å². The normalized spacial score (nSPS) is 10.7. The van der Waals surface area contributed by atoms with Crippen LogP contribution in [0.3, 0.4) is 0 Å². The third kappa shape index (κ3) is 3.59. The number of benzene rings is 2. The molecule has 0 radical (unpaired) electrons. The minimum atomic E-state index is -0.366. The van der Waals surface area contributed by atoms with E-state index >= 15 is 0 Å². The first-order valence-corrected chi connectivity index (χ1v) is 7.82. The molecule has 0 aliphatic heterocycles. The molecule has 0 saturated carbocycles. The lowest BCUT2D eigenvalue weighted by molar-refractivity contribution is 0.102. The summed E-state index contributed by atoms with van der Waals surface area (Å²) in [5.74, 6) is -0.730. The Morgan fingerprint density at radius 1 is 1.20 bits per heavy atom. The molecule has 0 spiro atoms. The van der Waals surface area contributed by atoms with Crippen molar-refractivity contribution in [3.63, 3.8) is 0 Å². The third-order valence-electron chi connectivity index (χ3n) is 3.91. The summed E-state index contributed by atoms with van der Waals surface area (Å²) < 4.78 is 14.9. The molecule has 1 aromatic heterocycles. The number of nitrogens with one attached hydrogen (secondary N) is 1. The van der Waals surface area contributed by atoms with E-state index in [1.165, 1.54) is 16.8 Å². The Bertz CT molecular complexity index is 934. The van der Waals surface area contributed by atoms with Crippen LogP contribution in [0.2, 0.25) is 0 Å². The van der Waals surface area contributed by atoms with E-state index in [2.05, 4.69) is 10.4 Å². The standard InChI is InChI=1S/C19H18FN3O2/c1-12-6-7-14(11-24)9-17(12)21-19(25)18-8-13(2)23(22-18)16-5-3-4-15(20)10-16/h3-10,24H,11H2,1-2H3,(H,21,25). The van der Waals surface area contributed by atoms with Crippen molar-refractivity contribution in [3.05, 3.63) is 76.9 Å². The Kier molecular flexibility index (Phi) is 4.63. The van der Waals surface area contributed by atoms with Gasteiger partial charge in [0, 0.05) is 11.4 Å². The second-order valence-corrected chi connectivity index (χ2v) is 5.82. The fourth-order valence-corrected chi connectivity index (χ4v) is 2.54. The summed E-state index contributed by atoms with van der Waals surface area (Å²) >= 11 is 0. The van der Waals surface area contributed by atoms with Crippen molar-refractivity contribution in [2.45, 2.75) is 20.5 Å². The van der Waals surface area contributed by atoms with E-state index in [4.69, 9.17) is 0 Å². The summed E-state index contributed by atoms with van der Waals surface area (Å²) in [4.78, 5) is 12.5. The highest BCUT2D eigenvalue weighted by Gasteiger charge is 2.15. The molecule has 2 aromatic carbocycles. The van der Waals surface area contributed by atoms with Crippen molar-refractivity contribution < 1.29 is 14.3 Å². The van der Waals surface area contributed by atoms with Gasteiger partial charge in [0.1, 0.15) is 5.82 Å². The number of aromatic nitrogens is 2. The van der Waals surface area contributed by atoms with Crippen molar-refractivity contribution in [2.75, 3.05) is 5.32 Å². The molecule has 1 heterocycles. The number of halogens is 1. The number of carbonyl (C=O) groups is 1. The molecular weight excluding hydrogens is 321 g/mol. The van der Waals surface area contributed by atoms with Gasteiger partial charge < -0.3 is 10.4 Å². The van der Waals surface area contributed by atoms with Crippen LogP contribution in [0.4, 0.5) is 10.1 Å². The Balaban J connectivity index is 1.88. The Hall–Kier alpha value is -2.99. The first-order chi connectivity index (χ1) is 12.0. The first kappa shape index (κ1) is 16.9. The molecule has 0 bridgehead atoms. The Morgan fingerprint density at radius 3 is 2.72 bits per heavy atom. The second kappa shape index (κ2) is 6.86. The minimum absolute atomic E-state index is 0.101. The van der Waals surface area contributed by atoms with Crippen molar-refractivity contribution >= 4 is 11.6 Å². The number of nitrogens with zero attached hydrogens (tertiary/aromatic N) is 2. The highest BCUT2D eigenvalue weighted by molar-refractivity contribution is 6.03. The number of amides is 1. The highest BCUT2D eigenvalue weighted by Crippen LogP contribution is 2.19. The fraction of sp³-hybridized carbons (Fsp3) is 0.158. The molecule has 25 heavy (non-hydrogen) atoms. The number of aliphatic hydroxyl groups excluding tert-OH is 1. The lowest BCUT2D eigenvalue weighted by Gasteiger charge is -2.08. The van der Waals surface area contributed by atoms with E-state index < -0.39 is 0 Å². The maximum absolute atomic E-state index is 13.4. The monoisotopic (exact) mass is 339 g/mol. The molecule has 0 atom stereocenters. The molecule has 3 aromatic rings. The summed E-state index contributed by atoms with van der Waals surface area (Å²) in [5.41, 5.74) is 3.71. The van der Waals surface area contributed by atoms with Crippen LogP contribution >= 0.6 is 0 Å². The number of anilines is 1. The van der Waals surface area contributed by atoms with Crippen molar-refractivity contribution in [1.82, 2.24) is 9.78 Å². The van der Waals surface area contributed by atoms with Crippen LogP contribution in [0.5, 0.6) is 0 Å². The maximum atomic E-state index is 13.4. The lowest BCUT2D eigenvalue weighted by atomic mass is 10.1. The van der Waals surface area contributed by atoms with Gasteiger partial charge in [-0.25, -0.2) is 9.07 Å². The van der Waals surface area contributed by atoms with Crippen molar-refractivity contribution in [2.24, 2.45) is 0 Å². The number of rotatable bonds is 4. The molecule has 0 saturated heterocycles. The Labute approximate surface area is 144 Å². The van der Waals surface area contributed by atoms with E-state index in [0.717, 1.165) is 11.3 Å². The van der Waals surface area contributed by atoms with Crippen LogP contribution in [-0.2, 0) is 6.61 Å². The number of aryl methyl sites for hydroxylation is 2. The van der Waals surface area contributed by atoms with E-state index in [1.54, 1.807) is 37.3 Å². The van der Waals surface area contributed by atoms with Gasteiger partial charge in [-0.1, -0.05) is 18.2 Å². The zero-order chi connectivity index (χ0) is 18.0. The van der Waals surface area contributed by atoms with Crippen LogP contribution in [0.15, 0.2) is 48.5 Å². The number of aliphatic hydroxyl groups is 1. The van der Waals surface area contributed by atoms with Crippen molar-refractivity contribution in [3.8, 4) is 5.69 Å². The minimum Gasteiger partial charge on any atom is -0.392 e. The van der Waals surface area contributed by atoms with E-state index in [0.29, 0.717) is 16.9 Å². The highest BCUT2D eigenvalue weighted by atomic mass is 19.1. The molecular formula is C19H18FN3O2. The number of carbonyl (C=O) groups excluding carboxylic acids is 1.